The van der Waals surface area contributed by atoms with Crippen molar-refractivity contribution in [3.8, 4) is 5.75 Å². The van der Waals surface area contributed by atoms with Crippen LogP contribution in [0.5, 0.6) is 5.75 Å². The third-order valence-electron chi connectivity index (χ3n) is 2.56. The summed E-state index contributed by atoms with van der Waals surface area (Å²) in [7, 11) is 0. The highest BCUT2D eigenvalue weighted by Gasteiger charge is 2.13. The molecule has 0 saturated carbocycles. The van der Waals surface area contributed by atoms with Gasteiger partial charge in [-0.2, -0.15) is 0 Å². The molecule has 1 atom stereocenters. The van der Waals surface area contributed by atoms with Crippen LogP contribution in [0.4, 0.5) is 0 Å². The first kappa shape index (κ1) is 13.2. The Hall–Kier alpha value is -1.22. The zero-order chi connectivity index (χ0) is 13.1. The first-order valence-electron chi connectivity index (χ1n) is 6.03. The van der Waals surface area contributed by atoms with Gasteiger partial charge in [-0.15, -0.1) is 0 Å². The topological polar surface area (TPSA) is 22.4 Å². The predicted octanol–water partition coefficient (Wildman–Crippen LogP) is 4.86. The molecule has 0 radical (unpaired) electrons. The van der Waals surface area contributed by atoms with Gasteiger partial charge in [0.25, 0.3) is 0 Å². The van der Waals surface area contributed by atoms with Crippen molar-refractivity contribution in [2.75, 3.05) is 0 Å². The lowest BCUT2D eigenvalue weighted by molar-refractivity contribution is 0.242. The molecule has 0 spiro atoms. The molecule has 1 unspecified atom stereocenters. The maximum Gasteiger partial charge on any atom is 0.122 e. The highest BCUT2D eigenvalue weighted by Crippen LogP contribution is 2.32. The van der Waals surface area contributed by atoms with Gasteiger partial charge >= 0.3 is 0 Å². The lowest BCUT2D eigenvalue weighted by Gasteiger charge is -2.11. The SMILES string of the molecule is Cc1ccc(C(Br)c2ccc(OC(C)C)cc2)o1. The smallest absolute Gasteiger partial charge is 0.122 e. The van der Waals surface area contributed by atoms with Crippen LogP contribution in [-0.4, -0.2) is 6.10 Å². The zero-order valence-electron chi connectivity index (χ0n) is 10.8. The lowest BCUT2D eigenvalue weighted by atomic mass is 10.1. The maximum atomic E-state index is 5.62. The number of furan rings is 1. The largest absolute Gasteiger partial charge is 0.491 e. The average Bonchev–Trinajstić information content (AvgIpc) is 2.75. The van der Waals surface area contributed by atoms with Crippen LogP contribution in [-0.2, 0) is 0 Å². The number of ether oxygens (including phenoxy) is 1. The fourth-order valence-electron chi connectivity index (χ4n) is 1.74. The number of hydrogen-bond donors (Lipinski definition) is 0. The molecule has 0 amide bonds. The van der Waals surface area contributed by atoms with Gasteiger partial charge in [0.1, 0.15) is 17.3 Å². The normalized spacial score (nSPS) is 12.7. The molecule has 2 rings (SSSR count). The summed E-state index contributed by atoms with van der Waals surface area (Å²) in [6.45, 7) is 5.99. The van der Waals surface area contributed by atoms with Crippen LogP contribution >= 0.6 is 15.9 Å². The number of benzene rings is 1. The number of aryl methyl sites for hydroxylation is 1. The van der Waals surface area contributed by atoms with Crippen LogP contribution in [0.25, 0.3) is 0 Å². The number of halogens is 1. The summed E-state index contributed by atoms with van der Waals surface area (Å²) in [4.78, 5) is 0.0827. The third kappa shape index (κ3) is 3.16. The van der Waals surface area contributed by atoms with Gasteiger partial charge in [-0.25, -0.2) is 0 Å². The minimum absolute atomic E-state index is 0.0827. The molecule has 0 aliphatic rings. The van der Waals surface area contributed by atoms with E-state index in [9.17, 15) is 0 Å². The first-order chi connectivity index (χ1) is 8.56. The maximum absolute atomic E-state index is 5.62. The fraction of sp³-hybridized carbons (Fsp3) is 0.333. The van der Waals surface area contributed by atoms with Gasteiger partial charge in [0.05, 0.1) is 10.9 Å². The van der Waals surface area contributed by atoms with Gasteiger partial charge in [-0.05, 0) is 50.6 Å². The summed E-state index contributed by atoms with van der Waals surface area (Å²) in [6, 6.07) is 12.0. The molecule has 0 aliphatic heterocycles. The Bertz CT molecular complexity index is 499. The monoisotopic (exact) mass is 308 g/mol. The Morgan fingerprint density at radius 1 is 1.06 bits per heavy atom. The molecule has 0 fully saturated rings. The lowest BCUT2D eigenvalue weighted by Crippen LogP contribution is -2.05. The molecule has 1 aromatic carbocycles. The second-order valence-electron chi connectivity index (χ2n) is 4.55. The van der Waals surface area contributed by atoms with E-state index in [1.54, 1.807) is 0 Å². The Kier molecular flexibility index (Phi) is 4.12. The molecule has 1 heterocycles. The molecule has 2 aromatic rings. The van der Waals surface area contributed by atoms with Crippen LogP contribution in [0.3, 0.4) is 0 Å². The first-order valence-corrected chi connectivity index (χ1v) is 6.95. The summed E-state index contributed by atoms with van der Waals surface area (Å²) in [5.41, 5.74) is 1.15. The standard InChI is InChI=1S/C15H17BrO2/c1-10(2)17-13-7-5-12(6-8-13)15(16)14-9-4-11(3)18-14/h4-10,15H,1-3H3. The van der Waals surface area contributed by atoms with Crippen LogP contribution in [0.1, 0.15) is 35.8 Å². The van der Waals surface area contributed by atoms with Gasteiger partial charge in [0.2, 0.25) is 0 Å². The summed E-state index contributed by atoms with van der Waals surface area (Å²) in [5, 5.41) is 0. The van der Waals surface area contributed by atoms with E-state index in [0.717, 1.165) is 22.8 Å². The van der Waals surface area contributed by atoms with Gasteiger partial charge in [0.15, 0.2) is 0 Å². The Morgan fingerprint density at radius 2 is 1.72 bits per heavy atom. The highest BCUT2D eigenvalue weighted by atomic mass is 79.9. The van der Waals surface area contributed by atoms with E-state index in [-0.39, 0.29) is 10.9 Å². The summed E-state index contributed by atoms with van der Waals surface area (Å²) >= 11 is 3.65. The van der Waals surface area contributed by atoms with E-state index in [0.29, 0.717) is 0 Å². The molecule has 2 nitrogen and oxygen atoms in total. The van der Waals surface area contributed by atoms with Crippen LogP contribution in [0, 0.1) is 6.92 Å². The van der Waals surface area contributed by atoms with E-state index in [2.05, 4.69) is 28.1 Å². The molecule has 18 heavy (non-hydrogen) atoms. The van der Waals surface area contributed by atoms with Crippen molar-refractivity contribution in [3.05, 3.63) is 53.5 Å². The minimum atomic E-state index is 0.0827. The quantitative estimate of drug-likeness (QED) is 0.753. The van der Waals surface area contributed by atoms with Crippen molar-refractivity contribution in [3.63, 3.8) is 0 Å². The van der Waals surface area contributed by atoms with Gasteiger partial charge in [-0.1, -0.05) is 28.1 Å². The predicted molar refractivity (Wildman–Crippen MR) is 76.4 cm³/mol. The molecule has 0 saturated heterocycles. The molecule has 1 aromatic heterocycles. The van der Waals surface area contributed by atoms with E-state index >= 15 is 0 Å². The van der Waals surface area contributed by atoms with Crippen LogP contribution < -0.4 is 4.74 Å². The second kappa shape index (κ2) is 5.61. The summed E-state index contributed by atoms with van der Waals surface area (Å²) in [6.07, 6.45) is 0.198. The zero-order valence-corrected chi connectivity index (χ0v) is 12.4. The second-order valence-corrected chi connectivity index (χ2v) is 5.46. The van der Waals surface area contributed by atoms with E-state index in [1.807, 2.05) is 45.0 Å². The highest BCUT2D eigenvalue weighted by molar-refractivity contribution is 9.09. The average molecular weight is 309 g/mol. The van der Waals surface area contributed by atoms with Crippen molar-refractivity contribution in [1.29, 1.82) is 0 Å². The van der Waals surface area contributed by atoms with Gasteiger partial charge < -0.3 is 9.15 Å². The summed E-state index contributed by atoms with van der Waals surface area (Å²) in [5.74, 6) is 2.74. The molecule has 96 valence electrons. The number of alkyl halides is 1. The van der Waals surface area contributed by atoms with E-state index in [4.69, 9.17) is 9.15 Å². The molecule has 3 heteroatoms. The van der Waals surface area contributed by atoms with Crippen molar-refractivity contribution in [1.82, 2.24) is 0 Å². The van der Waals surface area contributed by atoms with Gasteiger partial charge in [0, 0.05) is 0 Å². The third-order valence-corrected chi connectivity index (χ3v) is 3.54. The fourth-order valence-corrected chi connectivity index (χ4v) is 2.29. The minimum Gasteiger partial charge on any atom is -0.491 e. The molecular formula is C15H17BrO2. The Balaban J connectivity index is 2.14. The Labute approximate surface area is 116 Å². The van der Waals surface area contributed by atoms with E-state index < -0.39 is 0 Å². The van der Waals surface area contributed by atoms with Crippen LogP contribution in [0.2, 0.25) is 0 Å². The molecule has 0 bridgehead atoms. The van der Waals surface area contributed by atoms with Crippen molar-refractivity contribution in [2.45, 2.75) is 31.7 Å². The molecule has 0 N–H and O–H groups in total. The molecular weight excluding hydrogens is 292 g/mol. The van der Waals surface area contributed by atoms with Crippen molar-refractivity contribution >= 4 is 15.9 Å². The summed E-state index contributed by atoms with van der Waals surface area (Å²) < 4.78 is 11.2. The van der Waals surface area contributed by atoms with Crippen LogP contribution in [0.15, 0.2) is 40.8 Å². The van der Waals surface area contributed by atoms with Gasteiger partial charge in [-0.3, -0.25) is 0 Å². The van der Waals surface area contributed by atoms with Crippen molar-refractivity contribution in [2.24, 2.45) is 0 Å². The van der Waals surface area contributed by atoms with E-state index in [1.165, 1.54) is 0 Å². The Morgan fingerprint density at radius 3 is 2.22 bits per heavy atom. The number of rotatable bonds is 4. The van der Waals surface area contributed by atoms with Crippen molar-refractivity contribution < 1.29 is 9.15 Å². The number of hydrogen-bond acceptors (Lipinski definition) is 2. The molecule has 0 aliphatic carbocycles.